The van der Waals surface area contributed by atoms with Crippen molar-refractivity contribution in [2.24, 2.45) is 16.8 Å². The third-order valence-electron chi connectivity index (χ3n) is 12.6. The summed E-state index contributed by atoms with van der Waals surface area (Å²) in [6.07, 6.45) is -2.12. The Morgan fingerprint density at radius 1 is 0.750 bits per heavy atom. The molecule has 6 rings (SSSR count). The molecule has 0 bridgehead atoms. The second-order valence-corrected chi connectivity index (χ2v) is 18.9. The van der Waals surface area contributed by atoms with Crippen LogP contribution in [-0.2, 0) is 64.7 Å². The van der Waals surface area contributed by atoms with Gasteiger partial charge in [-0.25, -0.2) is 13.8 Å². The van der Waals surface area contributed by atoms with Gasteiger partial charge in [0.15, 0.2) is 0 Å². The average Bonchev–Trinajstić information content (AvgIpc) is 3.76. The summed E-state index contributed by atoms with van der Waals surface area (Å²) in [4.78, 5) is 73.8. The number of fused-ring (bicyclic) bond motifs is 1. The summed E-state index contributed by atoms with van der Waals surface area (Å²) in [5, 5.41) is 21.7. The molecule has 2 aliphatic rings. The van der Waals surface area contributed by atoms with Crippen LogP contribution in [0.3, 0.4) is 0 Å². The Morgan fingerprint density at radius 2 is 1.32 bits per heavy atom. The van der Waals surface area contributed by atoms with Crippen molar-refractivity contribution in [3.8, 4) is 5.75 Å². The van der Waals surface area contributed by atoms with Gasteiger partial charge in [0.1, 0.15) is 43.8 Å². The molecule has 1 saturated heterocycles. The standard InChI is InChI=1S/C52H64N6O13S/c1-3-35(2)46(55-48(61)45(59)29-36-21-24-41(25-22-36)68-32-37-15-7-4-8-16-37)49(62)58-43-31-42(71-72(65,66)67)26-23-40(43)30-44(58)47(60)53-27-13-14-28-54-50(56-51(63)69-33-38-17-9-5-10-18-38)57-52(64)70-34-39-19-11-6-12-20-39/h4-12,15-22,24-25,35,40,42-46,59H,3,13-14,23,26-34H2,1-2H3,(H,53,60)(H,55,61)(H,65,66,67)(H2,54,56,57,63,64)/t35-,40-,42+,43-,44-,45+,46+/m0/s1. The summed E-state index contributed by atoms with van der Waals surface area (Å²) in [7, 11) is -4.82. The van der Waals surface area contributed by atoms with E-state index in [9.17, 15) is 42.0 Å². The lowest BCUT2D eigenvalue weighted by Gasteiger charge is -2.39. The van der Waals surface area contributed by atoms with Crippen molar-refractivity contribution in [1.29, 1.82) is 0 Å². The fourth-order valence-electron chi connectivity index (χ4n) is 8.68. The first-order valence-electron chi connectivity index (χ1n) is 24.1. The van der Waals surface area contributed by atoms with Crippen molar-refractivity contribution in [2.45, 2.75) is 115 Å². The van der Waals surface area contributed by atoms with Crippen LogP contribution in [0.5, 0.6) is 5.75 Å². The third kappa shape index (κ3) is 17.2. The Morgan fingerprint density at radius 3 is 1.88 bits per heavy atom. The monoisotopic (exact) mass is 1010 g/mol. The van der Waals surface area contributed by atoms with Gasteiger partial charge < -0.3 is 34.9 Å². The molecule has 6 N–H and O–H groups in total. The van der Waals surface area contributed by atoms with Gasteiger partial charge in [0, 0.05) is 25.6 Å². The van der Waals surface area contributed by atoms with Crippen LogP contribution >= 0.6 is 0 Å². The molecule has 1 heterocycles. The minimum atomic E-state index is -4.82. The number of guanidine groups is 1. The number of aliphatic imine (C=N–C) groups is 1. The minimum Gasteiger partial charge on any atom is -0.489 e. The second kappa shape index (κ2) is 27.1. The summed E-state index contributed by atoms with van der Waals surface area (Å²) >= 11 is 0. The maximum absolute atomic E-state index is 14.8. The second-order valence-electron chi connectivity index (χ2n) is 17.9. The first kappa shape index (κ1) is 54.5. The number of ether oxygens (including phenoxy) is 3. The first-order chi connectivity index (χ1) is 34.6. The topological polar surface area (TPSA) is 261 Å². The summed E-state index contributed by atoms with van der Waals surface area (Å²) in [6, 6.07) is 31.8. The van der Waals surface area contributed by atoms with Crippen molar-refractivity contribution in [3.63, 3.8) is 0 Å². The Kier molecular flexibility index (Phi) is 20.5. The van der Waals surface area contributed by atoms with Gasteiger partial charge >= 0.3 is 22.6 Å². The molecular weight excluding hydrogens is 949 g/mol. The number of amides is 5. The molecule has 0 unspecified atom stereocenters. The van der Waals surface area contributed by atoms with Crippen LogP contribution in [0.15, 0.2) is 120 Å². The number of likely N-dealkylation sites (tertiary alicyclic amines) is 1. The number of hydrogen-bond donors (Lipinski definition) is 6. The van der Waals surface area contributed by atoms with Crippen LogP contribution in [0.1, 0.15) is 81.0 Å². The number of hydrogen-bond acceptors (Lipinski definition) is 13. The molecule has 4 aromatic rings. The minimum absolute atomic E-state index is 0.0108. The highest BCUT2D eigenvalue weighted by molar-refractivity contribution is 7.80. The van der Waals surface area contributed by atoms with Crippen LogP contribution in [0.25, 0.3) is 0 Å². The zero-order valence-corrected chi connectivity index (χ0v) is 41.2. The predicted molar refractivity (Wildman–Crippen MR) is 265 cm³/mol. The maximum atomic E-state index is 14.8. The van der Waals surface area contributed by atoms with E-state index in [0.717, 1.165) is 16.7 Å². The number of unbranched alkanes of at least 4 members (excludes halogenated alkanes) is 1. The summed E-state index contributed by atoms with van der Waals surface area (Å²) in [5.41, 5.74) is 3.15. The van der Waals surface area contributed by atoms with E-state index in [-0.39, 0.29) is 63.9 Å². The molecule has 0 aromatic heterocycles. The number of benzene rings is 4. The number of aliphatic hydroxyl groups is 1. The predicted octanol–water partition coefficient (Wildman–Crippen LogP) is 5.76. The lowest BCUT2D eigenvalue weighted by atomic mass is 9.83. The van der Waals surface area contributed by atoms with Crippen molar-refractivity contribution in [3.05, 3.63) is 138 Å². The van der Waals surface area contributed by atoms with E-state index in [1.807, 2.05) is 49.4 Å². The van der Waals surface area contributed by atoms with E-state index in [4.69, 9.17) is 18.4 Å². The molecule has 72 heavy (non-hydrogen) atoms. The molecule has 0 radical (unpaired) electrons. The third-order valence-corrected chi connectivity index (χ3v) is 13.2. The van der Waals surface area contributed by atoms with Gasteiger partial charge in [-0.3, -0.25) is 34.6 Å². The zero-order valence-electron chi connectivity index (χ0n) is 40.4. The first-order valence-corrected chi connectivity index (χ1v) is 25.5. The Labute approximate surface area is 420 Å². The van der Waals surface area contributed by atoms with E-state index in [0.29, 0.717) is 43.6 Å². The summed E-state index contributed by atoms with van der Waals surface area (Å²) < 4.78 is 54.5. The molecule has 4 aromatic carbocycles. The maximum Gasteiger partial charge on any atom is 0.414 e. The van der Waals surface area contributed by atoms with E-state index < -0.39 is 76.6 Å². The molecule has 1 saturated carbocycles. The molecule has 20 heteroatoms. The van der Waals surface area contributed by atoms with Crippen molar-refractivity contribution < 1.29 is 60.4 Å². The summed E-state index contributed by atoms with van der Waals surface area (Å²) in [6.45, 7) is 4.20. The molecule has 5 amide bonds. The summed E-state index contributed by atoms with van der Waals surface area (Å²) in [5.74, 6) is -2.09. The number of nitrogens with one attached hydrogen (secondary N) is 4. The Balaban J connectivity index is 1.07. The van der Waals surface area contributed by atoms with Crippen LogP contribution in [0.2, 0.25) is 0 Å². The van der Waals surface area contributed by atoms with Crippen molar-refractivity contribution in [2.75, 3.05) is 13.1 Å². The van der Waals surface area contributed by atoms with Crippen molar-refractivity contribution in [1.82, 2.24) is 26.2 Å². The van der Waals surface area contributed by atoms with E-state index >= 15 is 0 Å². The lowest BCUT2D eigenvalue weighted by molar-refractivity contribution is -0.146. The van der Waals surface area contributed by atoms with Gasteiger partial charge in [0.05, 0.1) is 6.10 Å². The van der Waals surface area contributed by atoms with Crippen LogP contribution in [0, 0.1) is 11.8 Å². The van der Waals surface area contributed by atoms with E-state index in [1.54, 1.807) is 79.7 Å². The van der Waals surface area contributed by atoms with E-state index in [2.05, 4.69) is 26.3 Å². The quantitative estimate of drug-likeness (QED) is 0.0237. The number of carbonyl (C=O) groups excluding carboxylic acids is 5. The highest BCUT2D eigenvalue weighted by Gasteiger charge is 2.51. The fraction of sp³-hybridized carbons (Fsp3) is 0.423. The van der Waals surface area contributed by atoms with Crippen LogP contribution < -0.4 is 26.0 Å². The highest BCUT2D eigenvalue weighted by Crippen LogP contribution is 2.42. The van der Waals surface area contributed by atoms with Crippen LogP contribution in [-0.4, -0.2) is 102 Å². The van der Waals surface area contributed by atoms with Gasteiger partial charge in [-0.1, -0.05) is 123 Å². The number of rotatable bonds is 22. The molecule has 1 aliphatic carbocycles. The fourth-order valence-corrected chi connectivity index (χ4v) is 9.20. The molecule has 2 fully saturated rings. The smallest absolute Gasteiger partial charge is 0.414 e. The molecular formula is C52H64N6O13S. The molecule has 1 aliphatic heterocycles. The largest absolute Gasteiger partial charge is 0.489 e. The van der Waals surface area contributed by atoms with Gasteiger partial charge in [-0.2, -0.15) is 8.42 Å². The Hall–Kier alpha value is -6.87. The molecule has 7 atom stereocenters. The van der Waals surface area contributed by atoms with Crippen LogP contribution in [0.4, 0.5) is 9.59 Å². The van der Waals surface area contributed by atoms with E-state index in [1.165, 1.54) is 4.90 Å². The molecule has 0 spiro atoms. The van der Waals surface area contributed by atoms with Gasteiger partial charge in [0.2, 0.25) is 23.7 Å². The highest BCUT2D eigenvalue weighted by atomic mass is 32.3. The number of nitrogens with zero attached hydrogens (tertiary/aromatic N) is 2. The Bertz CT molecular complexity index is 2480. The normalized spacial score (nSPS) is 18.5. The van der Waals surface area contributed by atoms with Gasteiger partial charge in [-0.05, 0) is 84.7 Å². The number of carbonyl (C=O) groups is 5. The van der Waals surface area contributed by atoms with Gasteiger partial charge in [-0.15, -0.1) is 0 Å². The molecule has 386 valence electrons. The number of aliphatic hydroxyl groups excluding tert-OH is 1. The SMILES string of the molecule is CC[C@H](C)[C@@H](NC(=O)[C@H](O)Cc1ccc(OCc2ccccc2)cc1)C(=O)N1[C@H](C(=O)NCCCCN=C(NC(=O)OCc2ccccc2)NC(=O)OCc2ccccc2)C[C@@H]2CC[C@@H](OS(=O)(=O)O)C[C@@H]21. The average molecular weight is 1010 g/mol. The van der Waals surface area contributed by atoms with Gasteiger partial charge in [0.25, 0.3) is 0 Å². The number of alkyl carbamates (subject to hydrolysis) is 2. The zero-order chi connectivity index (χ0) is 51.5. The molecule has 19 nitrogen and oxygen atoms in total. The lowest BCUT2D eigenvalue weighted by Crippen LogP contribution is -2.59. The van der Waals surface area contributed by atoms with Crippen molar-refractivity contribution >= 4 is 46.3 Å².